The van der Waals surface area contributed by atoms with Crippen LogP contribution in [0.2, 0.25) is 0 Å². The fourth-order valence-corrected chi connectivity index (χ4v) is 3.05. The lowest BCUT2D eigenvalue weighted by molar-refractivity contribution is -0.250. The summed E-state index contributed by atoms with van der Waals surface area (Å²) in [7, 11) is 0. The lowest BCUT2D eigenvalue weighted by atomic mass is 9.98. The zero-order valence-corrected chi connectivity index (χ0v) is 13.1. The maximum absolute atomic E-state index is 10.8. The number of benzene rings is 1. The molecule has 25 heavy (non-hydrogen) atoms. The van der Waals surface area contributed by atoms with Gasteiger partial charge in [0.25, 0.3) is 0 Å². The smallest absolute Gasteiger partial charge is 0.328 e. The number of carboxylic acids is 1. The Morgan fingerprint density at radius 2 is 1.88 bits per heavy atom. The number of aliphatic hydroxyl groups excluding tert-OH is 4. The van der Waals surface area contributed by atoms with Crippen LogP contribution in [0.5, 0.6) is 0 Å². The zero-order valence-electron chi connectivity index (χ0n) is 13.1. The highest BCUT2D eigenvalue weighted by molar-refractivity contribution is 5.93. The van der Waals surface area contributed by atoms with E-state index in [4.69, 9.17) is 9.84 Å². The van der Waals surface area contributed by atoms with Gasteiger partial charge in [-0.15, -0.1) is 0 Å². The minimum absolute atomic E-state index is 0.521. The van der Waals surface area contributed by atoms with E-state index < -0.39 is 43.2 Å². The molecule has 1 aliphatic heterocycles. The number of hydrogen-bond acceptors (Lipinski definition) is 6. The van der Waals surface area contributed by atoms with Gasteiger partial charge in [-0.1, -0.05) is 18.2 Å². The number of ether oxygens (including phenoxy) is 1. The molecule has 8 heteroatoms. The van der Waals surface area contributed by atoms with Crippen molar-refractivity contribution in [3.8, 4) is 0 Å². The van der Waals surface area contributed by atoms with Gasteiger partial charge in [0.2, 0.25) is 0 Å². The largest absolute Gasteiger partial charge is 0.478 e. The van der Waals surface area contributed by atoms with E-state index in [1.165, 1.54) is 6.08 Å². The molecule has 0 amide bonds. The van der Waals surface area contributed by atoms with Gasteiger partial charge in [0.15, 0.2) is 6.23 Å². The molecule has 5 atom stereocenters. The first kappa shape index (κ1) is 17.6. The molecule has 0 radical (unpaired) electrons. The monoisotopic (exact) mass is 349 g/mol. The molecular formula is C17H19NO7. The molecule has 2 heterocycles. The fourth-order valence-electron chi connectivity index (χ4n) is 3.05. The van der Waals surface area contributed by atoms with E-state index in [9.17, 15) is 25.2 Å². The Morgan fingerprint density at radius 1 is 1.16 bits per heavy atom. The summed E-state index contributed by atoms with van der Waals surface area (Å²) in [5.41, 5.74) is 1.24. The Labute approximate surface area is 142 Å². The molecule has 1 saturated heterocycles. The first-order valence-electron chi connectivity index (χ1n) is 7.75. The van der Waals surface area contributed by atoms with Crippen molar-refractivity contribution in [2.24, 2.45) is 0 Å². The van der Waals surface area contributed by atoms with Gasteiger partial charge in [-0.3, -0.25) is 0 Å². The van der Waals surface area contributed by atoms with Gasteiger partial charge in [0, 0.05) is 23.2 Å². The Bertz CT molecular complexity index is 797. The first-order chi connectivity index (χ1) is 11.9. The standard InChI is InChI=1S/C17H19NO7/c19-8-12-14(22)15(23)16(24)17(25-12)18-7-9(5-6-13(20)21)10-3-1-2-4-11(10)18/h1-7,12,14-17,19,22-24H,8H2,(H,20,21)/b6-5-. The van der Waals surface area contributed by atoms with Crippen LogP contribution in [0, 0.1) is 0 Å². The molecule has 0 spiro atoms. The molecular weight excluding hydrogens is 330 g/mol. The summed E-state index contributed by atoms with van der Waals surface area (Å²) in [6.07, 6.45) is -2.42. The lowest BCUT2D eigenvalue weighted by Crippen LogP contribution is -2.56. The third kappa shape index (κ3) is 3.17. The Balaban J connectivity index is 2.07. The topological polar surface area (TPSA) is 132 Å². The molecule has 5 unspecified atom stereocenters. The molecule has 134 valence electrons. The number of aromatic nitrogens is 1. The molecule has 8 nitrogen and oxygen atoms in total. The molecule has 0 bridgehead atoms. The van der Waals surface area contributed by atoms with Gasteiger partial charge in [0.1, 0.15) is 24.4 Å². The number of carbonyl (C=O) groups is 1. The third-order valence-corrected chi connectivity index (χ3v) is 4.32. The third-order valence-electron chi connectivity index (χ3n) is 4.32. The Hall–Kier alpha value is -2.23. The minimum atomic E-state index is -1.49. The molecule has 1 fully saturated rings. The average molecular weight is 349 g/mol. The lowest BCUT2D eigenvalue weighted by Gasteiger charge is -2.40. The van der Waals surface area contributed by atoms with Crippen LogP contribution in [0.15, 0.2) is 36.5 Å². The summed E-state index contributed by atoms with van der Waals surface area (Å²) in [4.78, 5) is 10.8. The maximum Gasteiger partial charge on any atom is 0.328 e. The van der Waals surface area contributed by atoms with Crippen LogP contribution in [0.25, 0.3) is 17.0 Å². The zero-order chi connectivity index (χ0) is 18.1. The summed E-state index contributed by atoms with van der Waals surface area (Å²) >= 11 is 0. The van der Waals surface area contributed by atoms with Crippen molar-refractivity contribution in [2.75, 3.05) is 6.61 Å². The summed E-state index contributed by atoms with van der Waals surface area (Å²) in [5.74, 6) is -1.09. The number of rotatable bonds is 4. The van der Waals surface area contributed by atoms with Crippen molar-refractivity contribution in [3.05, 3.63) is 42.1 Å². The van der Waals surface area contributed by atoms with E-state index >= 15 is 0 Å². The second-order valence-corrected chi connectivity index (χ2v) is 5.90. The van der Waals surface area contributed by atoms with Gasteiger partial charge < -0.3 is 34.8 Å². The molecule has 5 N–H and O–H groups in total. The van der Waals surface area contributed by atoms with Crippen LogP contribution in [0.1, 0.15) is 11.8 Å². The van der Waals surface area contributed by atoms with E-state index in [2.05, 4.69) is 0 Å². The summed E-state index contributed by atoms with van der Waals surface area (Å²) < 4.78 is 7.13. The summed E-state index contributed by atoms with van der Waals surface area (Å²) in [5, 5.41) is 49.1. The van der Waals surface area contributed by atoms with Gasteiger partial charge in [-0.05, 0) is 12.1 Å². The van der Waals surface area contributed by atoms with Crippen molar-refractivity contribution < 1.29 is 35.1 Å². The van der Waals surface area contributed by atoms with E-state index in [0.717, 1.165) is 11.5 Å². The number of hydrogen-bond donors (Lipinski definition) is 5. The number of fused-ring (bicyclic) bond motifs is 1. The van der Waals surface area contributed by atoms with Crippen molar-refractivity contribution in [1.82, 2.24) is 4.57 Å². The summed E-state index contributed by atoms with van der Waals surface area (Å²) in [6.45, 7) is -0.521. The Morgan fingerprint density at radius 3 is 2.56 bits per heavy atom. The normalized spacial score (nSPS) is 30.2. The number of aliphatic hydroxyl groups is 4. The van der Waals surface area contributed by atoms with E-state index in [0.29, 0.717) is 11.1 Å². The second kappa shape index (κ2) is 6.95. The highest BCUT2D eigenvalue weighted by Crippen LogP contribution is 2.33. The van der Waals surface area contributed by atoms with Gasteiger partial charge in [-0.2, -0.15) is 0 Å². The van der Waals surface area contributed by atoms with Crippen molar-refractivity contribution in [2.45, 2.75) is 30.6 Å². The van der Waals surface area contributed by atoms with Crippen molar-refractivity contribution >= 4 is 22.9 Å². The van der Waals surface area contributed by atoms with Crippen molar-refractivity contribution in [3.63, 3.8) is 0 Å². The SMILES string of the molecule is O=C(O)/C=C\c1cn(C2OC(CO)C(O)C(O)C2O)c2ccccc12. The number of para-hydroxylation sites is 1. The minimum Gasteiger partial charge on any atom is -0.478 e. The number of aliphatic carboxylic acids is 1. The number of carboxylic acid groups (broad SMARTS) is 1. The molecule has 1 aromatic heterocycles. The van der Waals surface area contributed by atoms with Gasteiger partial charge >= 0.3 is 5.97 Å². The van der Waals surface area contributed by atoms with E-state index in [1.807, 2.05) is 0 Å². The highest BCUT2D eigenvalue weighted by atomic mass is 16.6. The van der Waals surface area contributed by atoms with E-state index in [1.54, 1.807) is 35.0 Å². The van der Waals surface area contributed by atoms with Crippen LogP contribution in [0.4, 0.5) is 0 Å². The molecule has 1 aliphatic rings. The number of nitrogens with zero attached hydrogens (tertiary/aromatic N) is 1. The summed E-state index contributed by atoms with van der Waals surface area (Å²) in [6, 6.07) is 7.11. The predicted molar refractivity (Wildman–Crippen MR) is 87.6 cm³/mol. The molecule has 0 saturated carbocycles. The van der Waals surface area contributed by atoms with Crippen LogP contribution >= 0.6 is 0 Å². The quantitative estimate of drug-likeness (QED) is 0.479. The van der Waals surface area contributed by atoms with Crippen LogP contribution in [-0.2, 0) is 9.53 Å². The molecule has 0 aliphatic carbocycles. The van der Waals surface area contributed by atoms with Crippen LogP contribution in [-0.4, -0.2) is 67.1 Å². The average Bonchev–Trinajstić information content (AvgIpc) is 2.97. The van der Waals surface area contributed by atoms with Crippen LogP contribution < -0.4 is 0 Å². The molecule has 1 aromatic carbocycles. The van der Waals surface area contributed by atoms with Crippen molar-refractivity contribution in [1.29, 1.82) is 0 Å². The highest BCUT2D eigenvalue weighted by Gasteiger charge is 2.44. The Kier molecular flexibility index (Phi) is 4.89. The molecule has 3 rings (SSSR count). The van der Waals surface area contributed by atoms with Gasteiger partial charge in [-0.25, -0.2) is 4.79 Å². The predicted octanol–water partition coefficient (Wildman–Crippen LogP) is -0.289. The van der Waals surface area contributed by atoms with Gasteiger partial charge in [0.05, 0.1) is 12.1 Å². The molecule has 2 aromatic rings. The fraction of sp³-hybridized carbons (Fsp3) is 0.353. The first-order valence-corrected chi connectivity index (χ1v) is 7.75. The second-order valence-electron chi connectivity index (χ2n) is 5.90. The van der Waals surface area contributed by atoms with E-state index in [-0.39, 0.29) is 0 Å². The maximum atomic E-state index is 10.8. The van der Waals surface area contributed by atoms with Crippen LogP contribution in [0.3, 0.4) is 0 Å².